The highest BCUT2D eigenvalue weighted by molar-refractivity contribution is 14.0. The SMILES string of the molecule is CCNC(=NCCc1cc(F)ccc1F)NC1CCc2nc(C)nn2C1.I. The van der Waals surface area contributed by atoms with Crippen LogP contribution in [0.25, 0.3) is 0 Å². The van der Waals surface area contributed by atoms with Gasteiger partial charge < -0.3 is 10.6 Å². The highest BCUT2D eigenvalue weighted by atomic mass is 127. The number of benzene rings is 1. The van der Waals surface area contributed by atoms with Crippen LogP contribution in [0.1, 0.15) is 30.6 Å². The number of fused-ring (bicyclic) bond motifs is 1. The fraction of sp³-hybridized carbons (Fsp3) is 0.500. The van der Waals surface area contributed by atoms with Gasteiger partial charge in [0.15, 0.2) is 5.96 Å². The topological polar surface area (TPSA) is 67.1 Å². The molecule has 148 valence electrons. The highest BCUT2D eigenvalue weighted by Gasteiger charge is 2.21. The zero-order valence-corrected chi connectivity index (χ0v) is 17.8. The highest BCUT2D eigenvalue weighted by Crippen LogP contribution is 2.13. The summed E-state index contributed by atoms with van der Waals surface area (Å²) < 4.78 is 28.9. The Morgan fingerprint density at radius 2 is 2.19 bits per heavy atom. The zero-order chi connectivity index (χ0) is 18.5. The molecule has 0 bridgehead atoms. The van der Waals surface area contributed by atoms with Crippen LogP contribution in [0.3, 0.4) is 0 Å². The molecule has 1 aliphatic heterocycles. The number of guanidine groups is 1. The maximum absolute atomic E-state index is 13.7. The van der Waals surface area contributed by atoms with E-state index in [0.29, 0.717) is 24.5 Å². The average Bonchev–Trinajstić information content (AvgIpc) is 2.97. The molecule has 3 rings (SSSR count). The third-order valence-corrected chi connectivity index (χ3v) is 4.31. The predicted octanol–water partition coefficient (Wildman–Crippen LogP) is 2.60. The summed E-state index contributed by atoms with van der Waals surface area (Å²) in [5.41, 5.74) is 0.338. The van der Waals surface area contributed by atoms with Gasteiger partial charge in [-0.05, 0) is 50.5 Å². The lowest BCUT2D eigenvalue weighted by Gasteiger charge is -2.25. The number of hydrogen-bond donors (Lipinski definition) is 2. The first-order chi connectivity index (χ1) is 12.5. The first-order valence-corrected chi connectivity index (χ1v) is 8.94. The van der Waals surface area contributed by atoms with Crippen molar-refractivity contribution in [1.82, 2.24) is 25.4 Å². The molecule has 0 saturated carbocycles. The van der Waals surface area contributed by atoms with Crippen LogP contribution in [-0.2, 0) is 19.4 Å². The van der Waals surface area contributed by atoms with E-state index in [0.717, 1.165) is 49.7 Å². The van der Waals surface area contributed by atoms with E-state index in [1.807, 2.05) is 18.5 Å². The molecule has 0 fully saturated rings. The molecule has 2 heterocycles. The Hall–Kier alpha value is -1.78. The van der Waals surface area contributed by atoms with Crippen LogP contribution in [0.2, 0.25) is 0 Å². The molecule has 0 aliphatic carbocycles. The van der Waals surface area contributed by atoms with Gasteiger partial charge in [0.2, 0.25) is 0 Å². The van der Waals surface area contributed by atoms with Gasteiger partial charge in [0.1, 0.15) is 23.3 Å². The van der Waals surface area contributed by atoms with Gasteiger partial charge in [-0.1, -0.05) is 0 Å². The van der Waals surface area contributed by atoms with Gasteiger partial charge in [0, 0.05) is 25.6 Å². The molecule has 1 aromatic heterocycles. The van der Waals surface area contributed by atoms with Gasteiger partial charge in [-0.15, -0.1) is 24.0 Å². The van der Waals surface area contributed by atoms with Crippen LogP contribution in [0, 0.1) is 18.6 Å². The van der Waals surface area contributed by atoms with Gasteiger partial charge in [-0.2, -0.15) is 5.10 Å². The number of rotatable bonds is 5. The van der Waals surface area contributed by atoms with Crippen molar-refractivity contribution in [2.24, 2.45) is 4.99 Å². The standard InChI is InChI=1S/C18H24F2N6.HI/c1-3-21-18(22-9-8-13-10-14(19)4-6-16(13)20)24-15-5-7-17-23-12(2)25-26(17)11-15;/h4,6,10,15H,3,5,7-9,11H2,1-2H3,(H2,21,22,24);1H. The lowest BCUT2D eigenvalue weighted by molar-refractivity contribution is 0.392. The van der Waals surface area contributed by atoms with Crippen LogP contribution < -0.4 is 10.6 Å². The smallest absolute Gasteiger partial charge is 0.191 e. The maximum Gasteiger partial charge on any atom is 0.191 e. The second-order valence-corrected chi connectivity index (χ2v) is 6.38. The summed E-state index contributed by atoms with van der Waals surface area (Å²) in [5.74, 6) is 1.65. The minimum atomic E-state index is -0.434. The second kappa shape index (κ2) is 9.95. The largest absolute Gasteiger partial charge is 0.357 e. The molecule has 1 aliphatic rings. The van der Waals surface area contributed by atoms with Gasteiger partial charge in [0.25, 0.3) is 0 Å². The Balaban J connectivity index is 0.00000261. The van der Waals surface area contributed by atoms with Crippen molar-refractivity contribution in [2.75, 3.05) is 13.1 Å². The third kappa shape index (κ3) is 5.85. The lowest BCUT2D eigenvalue weighted by Crippen LogP contribution is -2.47. The number of nitrogens with one attached hydrogen (secondary N) is 2. The van der Waals surface area contributed by atoms with Crippen molar-refractivity contribution in [3.8, 4) is 0 Å². The summed E-state index contributed by atoms with van der Waals surface area (Å²) >= 11 is 0. The van der Waals surface area contributed by atoms with Crippen molar-refractivity contribution in [2.45, 2.75) is 45.7 Å². The van der Waals surface area contributed by atoms with E-state index in [-0.39, 0.29) is 30.0 Å². The van der Waals surface area contributed by atoms with E-state index in [1.165, 1.54) is 6.07 Å². The quantitative estimate of drug-likeness (QED) is 0.384. The number of aryl methyl sites for hydroxylation is 2. The molecule has 0 radical (unpaired) electrons. The van der Waals surface area contributed by atoms with E-state index in [4.69, 9.17) is 0 Å². The lowest BCUT2D eigenvalue weighted by atomic mass is 10.1. The van der Waals surface area contributed by atoms with Crippen molar-refractivity contribution in [3.05, 3.63) is 47.0 Å². The number of aromatic nitrogens is 3. The normalized spacial score (nSPS) is 16.4. The van der Waals surface area contributed by atoms with E-state index < -0.39 is 11.6 Å². The summed E-state index contributed by atoms with van der Waals surface area (Å²) in [6.07, 6.45) is 2.16. The van der Waals surface area contributed by atoms with Crippen LogP contribution in [-0.4, -0.2) is 39.9 Å². The fourth-order valence-corrected chi connectivity index (χ4v) is 3.09. The fourth-order valence-electron chi connectivity index (χ4n) is 3.09. The molecule has 1 atom stereocenters. The van der Waals surface area contributed by atoms with Crippen molar-refractivity contribution in [1.29, 1.82) is 0 Å². The van der Waals surface area contributed by atoms with Gasteiger partial charge in [0.05, 0.1) is 6.54 Å². The Labute approximate surface area is 174 Å². The van der Waals surface area contributed by atoms with Gasteiger partial charge in [-0.3, -0.25) is 4.99 Å². The average molecular weight is 490 g/mol. The number of nitrogens with zero attached hydrogens (tertiary/aromatic N) is 4. The first-order valence-electron chi connectivity index (χ1n) is 8.94. The van der Waals surface area contributed by atoms with Gasteiger partial charge in [-0.25, -0.2) is 18.4 Å². The van der Waals surface area contributed by atoms with Crippen LogP contribution >= 0.6 is 24.0 Å². The number of aliphatic imine (C=N–C) groups is 1. The van der Waals surface area contributed by atoms with E-state index in [9.17, 15) is 8.78 Å². The maximum atomic E-state index is 13.7. The molecule has 6 nitrogen and oxygen atoms in total. The summed E-state index contributed by atoms with van der Waals surface area (Å²) in [6, 6.07) is 3.70. The molecule has 0 saturated heterocycles. The van der Waals surface area contributed by atoms with Crippen molar-refractivity contribution in [3.63, 3.8) is 0 Å². The molecule has 0 amide bonds. The van der Waals surface area contributed by atoms with Crippen LogP contribution in [0.4, 0.5) is 8.78 Å². The summed E-state index contributed by atoms with van der Waals surface area (Å²) in [4.78, 5) is 8.91. The summed E-state index contributed by atoms with van der Waals surface area (Å²) in [6.45, 7) is 5.71. The molecule has 2 aromatic rings. The second-order valence-electron chi connectivity index (χ2n) is 6.38. The summed E-state index contributed by atoms with van der Waals surface area (Å²) in [5, 5.41) is 11.0. The van der Waals surface area contributed by atoms with Gasteiger partial charge >= 0.3 is 0 Å². The zero-order valence-electron chi connectivity index (χ0n) is 15.5. The number of hydrogen-bond acceptors (Lipinski definition) is 3. The minimum absolute atomic E-state index is 0. The molecule has 9 heteroatoms. The Kier molecular flexibility index (Phi) is 7.93. The predicted molar refractivity (Wildman–Crippen MR) is 111 cm³/mol. The minimum Gasteiger partial charge on any atom is -0.357 e. The molecular formula is C18H25F2IN6. The third-order valence-electron chi connectivity index (χ3n) is 4.31. The van der Waals surface area contributed by atoms with Crippen molar-refractivity contribution >= 4 is 29.9 Å². The van der Waals surface area contributed by atoms with Crippen LogP contribution in [0.5, 0.6) is 0 Å². The Bertz CT molecular complexity index is 792. The Morgan fingerprint density at radius 1 is 1.37 bits per heavy atom. The van der Waals surface area contributed by atoms with Crippen molar-refractivity contribution < 1.29 is 8.78 Å². The molecule has 1 aromatic carbocycles. The summed E-state index contributed by atoms with van der Waals surface area (Å²) in [7, 11) is 0. The molecule has 27 heavy (non-hydrogen) atoms. The Morgan fingerprint density at radius 3 is 2.96 bits per heavy atom. The van der Waals surface area contributed by atoms with E-state index in [2.05, 4.69) is 25.7 Å². The molecule has 2 N–H and O–H groups in total. The van der Waals surface area contributed by atoms with Crippen LogP contribution in [0.15, 0.2) is 23.2 Å². The molecule has 0 spiro atoms. The van der Waals surface area contributed by atoms with E-state index >= 15 is 0 Å². The monoisotopic (exact) mass is 490 g/mol. The molecule has 1 unspecified atom stereocenters. The van der Waals surface area contributed by atoms with E-state index in [1.54, 1.807) is 0 Å². The number of halogens is 3. The molecular weight excluding hydrogens is 465 g/mol. The first kappa shape index (κ1) is 21.5.